The smallest absolute Gasteiger partial charge is 0.471 e. The highest BCUT2D eigenvalue weighted by molar-refractivity contribution is 6.01. The summed E-state index contributed by atoms with van der Waals surface area (Å²) in [5.74, 6) is -21.3. The van der Waals surface area contributed by atoms with Crippen LogP contribution in [0.25, 0.3) is 10.9 Å². The summed E-state index contributed by atoms with van der Waals surface area (Å²) in [6, 6.07) is -9.76. The minimum Gasteiger partial charge on any atom is -0.481 e. The molecule has 1 heterocycles. The molecule has 16 amide bonds. The van der Waals surface area contributed by atoms with Gasteiger partial charge in [0.25, 0.3) is 0 Å². The number of halogens is 3. The molecule has 626 valence electrons. The van der Waals surface area contributed by atoms with Crippen LogP contribution in [0.2, 0.25) is 0 Å². The highest BCUT2D eigenvalue weighted by Crippen LogP contribution is 2.21. The minimum atomic E-state index is -5.23. The molecule has 12 atom stereocenters. The second-order valence-corrected chi connectivity index (χ2v) is 28.1. The summed E-state index contributed by atoms with van der Waals surface area (Å²) in [6.07, 6.45) is -7.09. The number of nitrogens with two attached hydrogens (primary N) is 6. The number of unbranched alkanes of at least 4 members (excludes halogenated alkanes) is 1. The number of nitrogens with zero attached hydrogens (tertiary/aromatic N) is 1. The van der Waals surface area contributed by atoms with E-state index in [0.29, 0.717) is 16.5 Å². The lowest BCUT2D eigenvalue weighted by atomic mass is 9.96. The quantitative estimate of drug-likeness (QED) is 0.0169. The number of hydrogen-bond donors (Lipinski definition) is 21. The van der Waals surface area contributed by atoms with Crippen LogP contribution in [-0.2, 0) is 87.9 Å². The second-order valence-electron chi connectivity index (χ2n) is 28.1. The number of para-hydroxylation sites is 1. The standard InChI is InChI=1S/C70H112F3N21O18/c1-10-37(8)56(67(111)90-47(29-34(2)3)63(107)86-42(57(77)101)22-24-50(75)96)94-61(105)45(19-13-14-27-80-68(112)70(71,72)73)87-60(104)44(20-15-26-74)85-52(98)33-83-58(102)49(31-51(76)97)91-66(110)55(36(6)7)92-62(106)46(23-25-53(99)100)88-65(109)54(35(4)5)93-64(108)48(30-39-32-82-41-18-12-11-17-40(39)41)89-59(103)43(84-38(9)95)21-16-28-81-69(78)79/h11-12,17-18,32,34-37,42-49,54-56,82H,10,13-16,19-31,33,74H2,1-9H3,(H2,75,96)(H2,76,97)(H2,77,101)(H,80,112)(H,83,102)(H,84,95)(H,85,98)(H,86,107)(H,87,104)(H,88,109)(H,89,103)(H,90,111)(H,91,110)(H,92,106)(H,93,108)(H,94,105)(H,99,100)(H4,78,79,81)/t37-,42-,43-,44-,45-,46-,47-,48-,49-,54-,55-,56-/m0/s1. The molecule has 42 heteroatoms. The summed E-state index contributed by atoms with van der Waals surface area (Å²) in [4.78, 5) is 235. The van der Waals surface area contributed by atoms with E-state index in [0.717, 1.165) is 0 Å². The van der Waals surface area contributed by atoms with E-state index in [9.17, 15) is 99.8 Å². The normalized spacial score (nSPS) is 14.5. The zero-order valence-electron chi connectivity index (χ0n) is 64.4. The van der Waals surface area contributed by atoms with Crippen LogP contribution in [0.15, 0.2) is 35.5 Å². The highest BCUT2D eigenvalue weighted by atomic mass is 19.4. The van der Waals surface area contributed by atoms with Crippen LogP contribution in [0.4, 0.5) is 13.2 Å². The Morgan fingerprint density at radius 3 is 1.51 bits per heavy atom. The molecule has 0 aliphatic carbocycles. The van der Waals surface area contributed by atoms with Gasteiger partial charge in [0.1, 0.15) is 66.5 Å². The van der Waals surface area contributed by atoms with Crippen molar-refractivity contribution in [1.82, 2.24) is 74.1 Å². The van der Waals surface area contributed by atoms with Gasteiger partial charge < -0.3 is 114 Å². The Hall–Kier alpha value is -11.2. The van der Waals surface area contributed by atoms with Crippen molar-refractivity contribution in [2.45, 2.75) is 231 Å². The van der Waals surface area contributed by atoms with Crippen molar-refractivity contribution < 1.29 is 99.8 Å². The molecule has 0 radical (unpaired) electrons. The van der Waals surface area contributed by atoms with E-state index in [-0.39, 0.29) is 102 Å². The molecule has 0 aliphatic rings. The van der Waals surface area contributed by atoms with Crippen molar-refractivity contribution in [3.63, 3.8) is 0 Å². The van der Waals surface area contributed by atoms with Gasteiger partial charge in [-0.05, 0) is 106 Å². The van der Waals surface area contributed by atoms with Crippen LogP contribution >= 0.6 is 0 Å². The van der Waals surface area contributed by atoms with E-state index in [2.05, 4.69) is 73.8 Å². The SMILES string of the molecule is CC[C@H](C)[C@H](NC(=O)[C@H](CCCCNC(=O)C(F)(F)F)NC(=O)[C@H](CCCN)NC(=O)CNC(=O)[C@H](CC(N)=O)NC(=O)[C@@H](NC(=O)[C@H](CCC(=O)O)NC(=O)[C@@H](NC(=O)[C@H](Cc1c[nH]c2ccccc12)NC(=O)[C@H](CCCN=C(N)N)NC(C)=O)C(C)C)C(C)C)C(=O)N[C@@H](CC(C)C)C(=O)N[C@@H](CCC(N)=O)C(N)=O. The number of aliphatic imine (C=N–C) groups is 1. The number of rotatable bonds is 52. The van der Waals surface area contributed by atoms with Crippen LogP contribution in [0.1, 0.15) is 158 Å². The molecule has 0 bridgehead atoms. The number of aliphatic carboxylic acids is 1. The number of fused-ring (bicyclic) bond motifs is 1. The Kier molecular flexibility index (Phi) is 41.9. The van der Waals surface area contributed by atoms with Crippen molar-refractivity contribution in [2.24, 2.45) is 63.1 Å². The van der Waals surface area contributed by atoms with Crippen LogP contribution in [0.5, 0.6) is 0 Å². The predicted molar refractivity (Wildman–Crippen MR) is 400 cm³/mol. The van der Waals surface area contributed by atoms with E-state index < -0.39 is 223 Å². The number of amides is 16. The molecule has 0 unspecified atom stereocenters. The Bertz CT molecular complexity index is 3630. The third-order valence-corrected chi connectivity index (χ3v) is 17.5. The lowest BCUT2D eigenvalue weighted by molar-refractivity contribution is -0.173. The number of nitrogens with one attached hydrogen (secondary N) is 14. The number of carbonyl (C=O) groups is 17. The number of guanidine groups is 1. The van der Waals surface area contributed by atoms with Crippen LogP contribution < -0.4 is 104 Å². The van der Waals surface area contributed by atoms with Crippen LogP contribution in [0.3, 0.4) is 0 Å². The van der Waals surface area contributed by atoms with Gasteiger partial charge in [-0.25, -0.2) is 0 Å². The van der Waals surface area contributed by atoms with Crippen molar-refractivity contribution in [3.05, 3.63) is 36.0 Å². The number of aromatic nitrogens is 1. The summed E-state index contributed by atoms with van der Waals surface area (Å²) in [5, 5.41) is 41.8. The van der Waals surface area contributed by atoms with Gasteiger partial charge in [-0.3, -0.25) is 86.5 Å². The Morgan fingerprint density at radius 1 is 0.509 bits per heavy atom. The maximum absolute atomic E-state index is 14.5. The molecule has 1 aromatic carbocycles. The molecule has 39 nitrogen and oxygen atoms in total. The maximum Gasteiger partial charge on any atom is 0.471 e. The van der Waals surface area contributed by atoms with E-state index in [1.54, 1.807) is 63.5 Å². The molecule has 0 spiro atoms. The average Bonchev–Trinajstić information content (AvgIpc) is 1.63. The number of H-pyrrole nitrogens is 1. The molecular weight excluding hydrogens is 1480 g/mol. The van der Waals surface area contributed by atoms with Crippen LogP contribution in [-0.4, -0.2) is 215 Å². The van der Waals surface area contributed by atoms with Gasteiger partial charge in [-0.15, -0.1) is 0 Å². The third kappa shape index (κ3) is 35.6. The number of aromatic amines is 1. The fourth-order valence-electron chi connectivity index (χ4n) is 11.3. The predicted octanol–water partition coefficient (Wildman–Crippen LogP) is -4.28. The molecule has 112 heavy (non-hydrogen) atoms. The van der Waals surface area contributed by atoms with E-state index in [1.807, 2.05) is 0 Å². The Morgan fingerprint density at radius 2 is 0.982 bits per heavy atom. The summed E-state index contributed by atoms with van der Waals surface area (Å²) in [7, 11) is 0. The minimum absolute atomic E-state index is 0.0183. The first-order valence-electron chi connectivity index (χ1n) is 36.7. The molecule has 0 aliphatic heterocycles. The van der Waals surface area contributed by atoms with Crippen LogP contribution in [0, 0.1) is 23.7 Å². The number of carboxylic acids is 1. The van der Waals surface area contributed by atoms with Crippen molar-refractivity contribution >= 4 is 117 Å². The molecule has 2 rings (SSSR count). The third-order valence-electron chi connectivity index (χ3n) is 17.5. The molecule has 0 fully saturated rings. The van der Waals surface area contributed by atoms with Crippen molar-refractivity contribution in [2.75, 3.05) is 26.2 Å². The number of benzene rings is 1. The number of primary amides is 3. The van der Waals surface area contributed by atoms with Gasteiger partial charge in [0.05, 0.1) is 13.0 Å². The lowest BCUT2D eigenvalue weighted by Crippen LogP contribution is -2.61. The van der Waals surface area contributed by atoms with Gasteiger partial charge in [0.15, 0.2) is 5.96 Å². The zero-order valence-corrected chi connectivity index (χ0v) is 64.4. The second kappa shape index (κ2) is 48.4. The Balaban J connectivity index is 2.46. The number of carboxylic acid groups (broad SMARTS) is 1. The van der Waals surface area contributed by atoms with E-state index in [1.165, 1.54) is 34.6 Å². The molecule has 0 saturated heterocycles. The first-order chi connectivity index (χ1) is 52.4. The van der Waals surface area contributed by atoms with E-state index >= 15 is 0 Å². The molecule has 27 N–H and O–H groups in total. The zero-order chi connectivity index (χ0) is 84.9. The summed E-state index contributed by atoms with van der Waals surface area (Å²) >= 11 is 0. The number of carbonyl (C=O) groups excluding carboxylic acids is 16. The highest BCUT2D eigenvalue weighted by Gasteiger charge is 2.40. The first kappa shape index (κ1) is 96.8. The summed E-state index contributed by atoms with van der Waals surface area (Å²) in [6.45, 7) is 12.3. The maximum atomic E-state index is 14.5. The molecule has 0 saturated carbocycles. The van der Waals surface area contributed by atoms with Gasteiger partial charge >= 0.3 is 18.1 Å². The first-order valence-corrected chi connectivity index (χ1v) is 36.7. The number of hydrogen-bond acceptors (Lipinski definition) is 19. The fraction of sp³-hybridized carbons (Fsp3) is 0.629. The molecular formula is C70H112F3N21O18. The van der Waals surface area contributed by atoms with Crippen molar-refractivity contribution in [3.8, 4) is 0 Å². The lowest BCUT2D eigenvalue weighted by Gasteiger charge is -2.30. The summed E-state index contributed by atoms with van der Waals surface area (Å²) < 4.78 is 39.1. The summed E-state index contributed by atoms with van der Waals surface area (Å²) in [5.41, 5.74) is 34.1. The monoisotopic (exact) mass is 1590 g/mol. The molecule has 2 aromatic rings. The van der Waals surface area contributed by atoms with Gasteiger partial charge in [0.2, 0.25) is 88.6 Å². The average molecular weight is 1590 g/mol. The van der Waals surface area contributed by atoms with Gasteiger partial charge in [0, 0.05) is 56.4 Å². The largest absolute Gasteiger partial charge is 0.481 e. The van der Waals surface area contributed by atoms with Crippen molar-refractivity contribution in [1.29, 1.82) is 0 Å². The van der Waals surface area contributed by atoms with E-state index in [4.69, 9.17) is 34.4 Å². The number of alkyl halides is 3. The fourth-order valence-corrected chi connectivity index (χ4v) is 11.3. The topological polar surface area (TPSA) is 651 Å². The van der Waals surface area contributed by atoms with Gasteiger partial charge in [-0.1, -0.05) is 80.0 Å². The van der Waals surface area contributed by atoms with Gasteiger partial charge in [-0.2, -0.15) is 13.2 Å². The Labute approximate surface area is 645 Å². The molecule has 1 aromatic heterocycles.